The Morgan fingerprint density at radius 3 is 2.11 bits per heavy atom. The third-order valence-electron chi connectivity index (χ3n) is 5.46. The number of hydrogen-bond donors (Lipinski definition) is 0. The van der Waals surface area contributed by atoms with E-state index < -0.39 is 0 Å². The van der Waals surface area contributed by atoms with Gasteiger partial charge in [0.25, 0.3) is 5.91 Å². The second kappa shape index (κ2) is 8.25. The summed E-state index contributed by atoms with van der Waals surface area (Å²) in [5.41, 5.74) is 3.24. The Balaban J connectivity index is 0.00000109. The van der Waals surface area contributed by atoms with Gasteiger partial charge in [0.15, 0.2) is 0 Å². The van der Waals surface area contributed by atoms with Gasteiger partial charge in [-0.1, -0.05) is 19.9 Å². The lowest BCUT2D eigenvalue weighted by molar-refractivity contribution is 0.0781. The summed E-state index contributed by atoms with van der Waals surface area (Å²) in [6.07, 6.45) is 0. The zero-order valence-electron chi connectivity index (χ0n) is 17.4. The van der Waals surface area contributed by atoms with E-state index in [0.29, 0.717) is 30.5 Å². The van der Waals surface area contributed by atoms with Crippen LogP contribution in [-0.4, -0.2) is 47.0 Å². The largest absolute Gasteiger partial charge is 0.340 e. The molecule has 1 amide bonds. The highest BCUT2D eigenvalue weighted by Gasteiger charge is 2.42. The molecule has 3 heterocycles. The van der Waals surface area contributed by atoms with Crippen molar-refractivity contribution in [3.05, 3.63) is 52.6 Å². The molecule has 5 nitrogen and oxygen atoms in total. The fourth-order valence-electron chi connectivity index (χ4n) is 4.17. The van der Waals surface area contributed by atoms with Gasteiger partial charge in [-0.2, -0.15) is 0 Å². The van der Waals surface area contributed by atoms with Crippen LogP contribution in [0.15, 0.2) is 24.3 Å². The third-order valence-corrected chi connectivity index (χ3v) is 5.46. The number of aromatic nitrogens is 2. The molecule has 2 fully saturated rings. The summed E-state index contributed by atoms with van der Waals surface area (Å²) >= 11 is 0. The maximum absolute atomic E-state index is 13.5. The number of halogens is 1. The SMILES string of the molecule is CC.Cc1cc(C)nc(N2CC3CN(C(=O)c4cc(F)ccc4C)CC3C2)n1. The minimum atomic E-state index is -0.364. The summed E-state index contributed by atoms with van der Waals surface area (Å²) < 4.78 is 13.5. The Morgan fingerprint density at radius 2 is 1.54 bits per heavy atom. The minimum absolute atomic E-state index is 0.0643. The van der Waals surface area contributed by atoms with Crippen molar-refractivity contribution in [1.29, 1.82) is 0 Å². The molecule has 0 aliphatic carbocycles. The number of anilines is 1. The number of likely N-dealkylation sites (tertiary alicyclic amines) is 1. The first-order chi connectivity index (χ1) is 13.4. The third kappa shape index (κ3) is 4.01. The molecule has 28 heavy (non-hydrogen) atoms. The maximum Gasteiger partial charge on any atom is 0.254 e. The molecule has 0 saturated carbocycles. The smallest absolute Gasteiger partial charge is 0.254 e. The zero-order valence-corrected chi connectivity index (χ0v) is 17.4. The summed E-state index contributed by atoms with van der Waals surface area (Å²) in [7, 11) is 0. The molecule has 150 valence electrons. The Morgan fingerprint density at radius 1 is 0.964 bits per heavy atom. The molecule has 1 aromatic carbocycles. The Kier molecular flexibility index (Phi) is 5.96. The van der Waals surface area contributed by atoms with Crippen LogP contribution in [0.4, 0.5) is 10.3 Å². The van der Waals surface area contributed by atoms with Crippen LogP contribution in [0.3, 0.4) is 0 Å². The molecule has 0 radical (unpaired) electrons. The number of carbonyl (C=O) groups excluding carboxylic acids is 1. The first kappa shape index (κ1) is 20.2. The van der Waals surface area contributed by atoms with Crippen molar-refractivity contribution >= 4 is 11.9 Å². The van der Waals surface area contributed by atoms with Crippen LogP contribution < -0.4 is 4.90 Å². The highest BCUT2D eigenvalue weighted by molar-refractivity contribution is 5.95. The molecule has 0 N–H and O–H groups in total. The van der Waals surface area contributed by atoms with E-state index >= 15 is 0 Å². The second-order valence-corrected chi connectivity index (χ2v) is 7.55. The number of carbonyl (C=O) groups is 1. The highest BCUT2D eigenvalue weighted by atomic mass is 19.1. The molecule has 2 aliphatic heterocycles. The van der Waals surface area contributed by atoms with Crippen LogP contribution in [0.25, 0.3) is 0 Å². The molecular formula is C22H29FN4O. The maximum atomic E-state index is 13.5. The topological polar surface area (TPSA) is 49.3 Å². The van der Waals surface area contributed by atoms with Crippen molar-refractivity contribution in [1.82, 2.24) is 14.9 Å². The van der Waals surface area contributed by atoms with Crippen LogP contribution in [0.2, 0.25) is 0 Å². The number of hydrogen-bond acceptors (Lipinski definition) is 4. The molecule has 2 aliphatic rings. The molecule has 1 aromatic heterocycles. The average Bonchev–Trinajstić information content (AvgIpc) is 3.23. The van der Waals surface area contributed by atoms with Crippen molar-refractivity contribution in [3.8, 4) is 0 Å². The van der Waals surface area contributed by atoms with Gasteiger partial charge < -0.3 is 9.80 Å². The summed E-state index contributed by atoms with van der Waals surface area (Å²) in [6.45, 7) is 13.0. The lowest BCUT2D eigenvalue weighted by atomic mass is 10.0. The first-order valence-corrected chi connectivity index (χ1v) is 10.0. The number of amides is 1. The van der Waals surface area contributed by atoms with Gasteiger partial charge in [0.1, 0.15) is 5.82 Å². The lowest BCUT2D eigenvalue weighted by Gasteiger charge is -2.22. The molecule has 2 saturated heterocycles. The lowest BCUT2D eigenvalue weighted by Crippen LogP contribution is -2.34. The Labute approximate surface area is 166 Å². The van der Waals surface area contributed by atoms with E-state index in [1.807, 2.05) is 45.6 Å². The van der Waals surface area contributed by atoms with Crippen LogP contribution in [0.5, 0.6) is 0 Å². The minimum Gasteiger partial charge on any atom is -0.340 e. The van der Waals surface area contributed by atoms with Crippen LogP contribution in [0.1, 0.15) is 41.2 Å². The monoisotopic (exact) mass is 384 g/mol. The fraction of sp³-hybridized carbons (Fsp3) is 0.500. The predicted octanol–water partition coefficient (Wildman–Crippen LogP) is 3.78. The van der Waals surface area contributed by atoms with Crippen molar-refractivity contribution in [2.24, 2.45) is 11.8 Å². The van der Waals surface area contributed by atoms with Gasteiger partial charge in [-0.3, -0.25) is 4.79 Å². The van der Waals surface area contributed by atoms with E-state index in [-0.39, 0.29) is 11.7 Å². The standard InChI is InChI=1S/C20H23FN4O.C2H6/c1-12-4-5-17(21)7-18(12)19(26)24-8-15-10-25(11-16(15)9-24)20-22-13(2)6-14(3)23-20;1-2/h4-7,15-16H,8-11H2,1-3H3;1-2H3. The van der Waals surface area contributed by atoms with Gasteiger partial charge in [0.2, 0.25) is 5.95 Å². The molecule has 0 spiro atoms. The van der Waals surface area contributed by atoms with Gasteiger partial charge >= 0.3 is 0 Å². The Hall–Kier alpha value is -2.50. The molecular weight excluding hydrogens is 355 g/mol. The quantitative estimate of drug-likeness (QED) is 0.791. The van der Waals surface area contributed by atoms with Crippen molar-refractivity contribution in [2.75, 3.05) is 31.1 Å². The van der Waals surface area contributed by atoms with Crippen LogP contribution in [-0.2, 0) is 0 Å². The number of benzene rings is 1. The summed E-state index contributed by atoms with van der Waals surface area (Å²) in [4.78, 5) is 26.0. The van der Waals surface area contributed by atoms with E-state index in [1.165, 1.54) is 12.1 Å². The molecule has 2 atom stereocenters. The number of aryl methyl sites for hydroxylation is 3. The van der Waals surface area contributed by atoms with Gasteiger partial charge in [-0.25, -0.2) is 14.4 Å². The molecule has 4 rings (SSSR count). The number of rotatable bonds is 2. The summed E-state index contributed by atoms with van der Waals surface area (Å²) in [5.74, 6) is 1.19. The summed E-state index contributed by atoms with van der Waals surface area (Å²) in [6, 6.07) is 6.38. The second-order valence-electron chi connectivity index (χ2n) is 7.55. The van der Waals surface area contributed by atoms with Crippen molar-refractivity contribution < 1.29 is 9.18 Å². The zero-order chi connectivity index (χ0) is 20.4. The highest BCUT2D eigenvalue weighted by Crippen LogP contribution is 2.33. The van der Waals surface area contributed by atoms with Crippen LogP contribution in [0, 0.1) is 38.4 Å². The van der Waals surface area contributed by atoms with Crippen molar-refractivity contribution in [2.45, 2.75) is 34.6 Å². The van der Waals surface area contributed by atoms with E-state index in [4.69, 9.17) is 0 Å². The molecule has 0 bridgehead atoms. The van der Waals surface area contributed by atoms with Gasteiger partial charge in [-0.05, 0) is 44.5 Å². The first-order valence-electron chi connectivity index (χ1n) is 10.0. The van der Waals surface area contributed by atoms with E-state index in [9.17, 15) is 9.18 Å². The molecule has 2 unspecified atom stereocenters. The number of nitrogens with zero attached hydrogens (tertiary/aromatic N) is 4. The van der Waals surface area contributed by atoms with Crippen molar-refractivity contribution in [3.63, 3.8) is 0 Å². The van der Waals surface area contributed by atoms with E-state index in [2.05, 4.69) is 14.9 Å². The van der Waals surface area contributed by atoms with E-state index in [1.54, 1.807) is 6.07 Å². The molecule has 2 aromatic rings. The van der Waals surface area contributed by atoms with Crippen LogP contribution >= 0.6 is 0 Å². The van der Waals surface area contributed by atoms with E-state index in [0.717, 1.165) is 36.0 Å². The Bertz CT molecular complexity index is 835. The van der Waals surface area contributed by atoms with Gasteiger partial charge in [0, 0.05) is 55.0 Å². The summed E-state index contributed by atoms with van der Waals surface area (Å²) in [5, 5.41) is 0. The fourth-order valence-corrected chi connectivity index (χ4v) is 4.17. The van der Waals surface area contributed by atoms with Gasteiger partial charge in [-0.15, -0.1) is 0 Å². The number of fused-ring (bicyclic) bond motifs is 1. The predicted molar refractivity (Wildman–Crippen MR) is 109 cm³/mol. The van der Waals surface area contributed by atoms with Gasteiger partial charge in [0.05, 0.1) is 0 Å². The normalized spacial score (nSPS) is 20.6. The molecule has 6 heteroatoms. The average molecular weight is 384 g/mol.